The van der Waals surface area contributed by atoms with Crippen LogP contribution in [0.25, 0.3) is 0 Å². The molecule has 0 radical (unpaired) electrons. The first kappa shape index (κ1) is 15.5. The van der Waals surface area contributed by atoms with Gasteiger partial charge in [0.1, 0.15) is 0 Å². The number of hydrogen-bond acceptors (Lipinski definition) is 3. The van der Waals surface area contributed by atoms with Gasteiger partial charge in [-0.1, -0.05) is 42.0 Å². The Balaban J connectivity index is 2.08. The van der Waals surface area contributed by atoms with E-state index in [1.807, 2.05) is 48.5 Å². The van der Waals surface area contributed by atoms with Crippen LogP contribution in [0.5, 0.6) is 5.75 Å². The number of nitrogens with zero attached hydrogens (tertiary/aromatic N) is 1. The number of rotatable bonds is 1. The molecular formula is C22H19NO2. The zero-order chi connectivity index (χ0) is 17.6. The number of para-hydroxylation sites is 3. The van der Waals surface area contributed by atoms with Gasteiger partial charge in [-0.3, -0.25) is 0 Å². The molecule has 0 saturated heterocycles. The third-order valence-corrected chi connectivity index (χ3v) is 4.53. The molecule has 1 aliphatic rings. The summed E-state index contributed by atoms with van der Waals surface area (Å²) in [7, 11) is 0. The second-order valence-corrected chi connectivity index (χ2v) is 6.46. The quantitative estimate of drug-likeness (QED) is 0.429. The minimum absolute atomic E-state index is 0.326. The van der Waals surface area contributed by atoms with Gasteiger partial charge in [-0.15, -0.1) is 0 Å². The van der Waals surface area contributed by atoms with E-state index in [0.717, 1.165) is 28.2 Å². The molecule has 0 aromatic heterocycles. The van der Waals surface area contributed by atoms with Crippen molar-refractivity contribution >= 4 is 23.0 Å². The van der Waals surface area contributed by atoms with Crippen LogP contribution in [0, 0.1) is 20.8 Å². The minimum atomic E-state index is -0.326. The Bertz CT molecular complexity index is 968. The first-order valence-corrected chi connectivity index (χ1v) is 8.34. The number of carbonyl (C=O) groups is 1. The van der Waals surface area contributed by atoms with E-state index in [4.69, 9.17) is 4.74 Å². The largest absolute Gasteiger partial charge is 0.421 e. The molecule has 0 saturated carbocycles. The summed E-state index contributed by atoms with van der Waals surface area (Å²) in [6.45, 7) is 6.31. The van der Waals surface area contributed by atoms with E-state index in [0.29, 0.717) is 11.3 Å². The number of anilines is 3. The molecule has 3 heteroatoms. The Labute approximate surface area is 147 Å². The summed E-state index contributed by atoms with van der Waals surface area (Å²) in [6.07, 6.45) is 0. The molecule has 0 aliphatic carbocycles. The third-order valence-electron chi connectivity index (χ3n) is 4.53. The van der Waals surface area contributed by atoms with Crippen molar-refractivity contribution in [1.29, 1.82) is 0 Å². The van der Waals surface area contributed by atoms with Gasteiger partial charge in [-0.05, 0) is 56.2 Å². The molecule has 0 fully saturated rings. The lowest BCUT2D eigenvalue weighted by Gasteiger charge is -2.29. The van der Waals surface area contributed by atoms with Gasteiger partial charge < -0.3 is 9.64 Å². The topological polar surface area (TPSA) is 29.5 Å². The molecule has 0 atom stereocenters. The molecule has 4 rings (SSSR count). The standard InChI is InChI=1S/C22H19NO2/c1-14-12-15(2)21(16(3)13-14)23-18-9-5-4-8-17(18)22(24)25-20-11-7-6-10-19(20)23/h4-13H,1-3H3. The van der Waals surface area contributed by atoms with Crippen LogP contribution in [0.15, 0.2) is 60.7 Å². The molecule has 0 unspecified atom stereocenters. The van der Waals surface area contributed by atoms with Gasteiger partial charge in [0.05, 0.1) is 22.6 Å². The summed E-state index contributed by atoms with van der Waals surface area (Å²) in [5, 5.41) is 0. The maximum absolute atomic E-state index is 12.6. The van der Waals surface area contributed by atoms with Crippen LogP contribution in [-0.4, -0.2) is 5.97 Å². The summed E-state index contributed by atoms with van der Waals surface area (Å²) in [5.41, 5.74) is 6.92. The summed E-state index contributed by atoms with van der Waals surface area (Å²) < 4.78 is 5.66. The average Bonchev–Trinajstić information content (AvgIpc) is 2.70. The minimum Gasteiger partial charge on any atom is -0.421 e. The molecule has 0 spiro atoms. The highest BCUT2D eigenvalue weighted by molar-refractivity contribution is 6.03. The van der Waals surface area contributed by atoms with E-state index in [9.17, 15) is 4.79 Å². The van der Waals surface area contributed by atoms with E-state index < -0.39 is 0 Å². The molecule has 3 nitrogen and oxygen atoms in total. The highest BCUT2D eigenvalue weighted by Gasteiger charge is 2.29. The summed E-state index contributed by atoms with van der Waals surface area (Å²) in [6, 6.07) is 19.6. The molecule has 3 aromatic rings. The third kappa shape index (κ3) is 2.49. The Morgan fingerprint density at radius 2 is 1.40 bits per heavy atom. The SMILES string of the molecule is Cc1cc(C)c(N2c3ccccc3OC(=O)c3ccccc32)c(C)c1. The van der Waals surface area contributed by atoms with Gasteiger partial charge in [0.25, 0.3) is 0 Å². The first-order valence-electron chi connectivity index (χ1n) is 8.34. The summed E-state index contributed by atoms with van der Waals surface area (Å²) in [4.78, 5) is 14.8. The van der Waals surface area contributed by atoms with Crippen molar-refractivity contribution in [3.63, 3.8) is 0 Å². The Kier molecular flexibility index (Phi) is 3.57. The number of benzene rings is 3. The zero-order valence-corrected chi connectivity index (χ0v) is 14.5. The molecule has 0 amide bonds. The van der Waals surface area contributed by atoms with E-state index >= 15 is 0 Å². The van der Waals surface area contributed by atoms with Crippen LogP contribution in [0.1, 0.15) is 27.0 Å². The highest BCUT2D eigenvalue weighted by atomic mass is 16.5. The van der Waals surface area contributed by atoms with Crippen molar-refractivity contribution in [1.82, 2.24) is 0 Å². The smallest absolute Gasteiger partial charge is 0.345 e. The molecule has 25 heavy (non-hydrogen) atoms. The van der Waals surface area contributed by atoms with Gasteiger partial charge in [0, 0.05) is 0 Å². The van der Waals surface area contributed by atoms with Gasteiger partial charge in [0.15, 0.2) is 5.75 Å². The molecule has 1 heterocycles. The molecule has 0 N–H and O–H groups in total. The van der Waals surface area contributed by atoms with Gasteiger partial charge in [0.2, 0.25) is 0 Å². The van der Waals surface area contributed by atoms with Crippen molar-refractivity contribution < 1.29 is 9.53 Å². The Morgan fingerprint density at radius 3 is 2.12 bits per heavy atom. The van der Waals surface area contributed by atoms with Crippen LogP contribution in [0.4, 0.5) is 17.1 Å². The van der Waals surface area contributed by atoms with Crippen molar-refractivity contribution in [2.24, 2.45) is 0 Å². The van der Waals surface area contributed by atoms with Gasteiger partial charge in [-0.2, -0.15) is 0 Å². The number of esters is 1. The number of aryl methyl sites for hydroxylation is 3. The fourth-order valence-corrected chi connectivity index (χ4v) is 3.62. The second-order valence-electron chi connectivity index (χ2n) is 6.46. The molecule has 124 valence electrons. The van der Waals surface area contributed by atoms with E-state index in [1.165, 1.54) is 5.56 Å². The Hall–Kier alpha value is -3.07. The lowest BCUT2D eigenvalue weighted by atomic mass is 10.0. The van der Waals surface area contributed by atoms with Crippen molar-refractivity contribution in [3.8, 4) is 5.75 Å². The molecule has 0 bridgehead atoms. The van der Waals surface area contributed by atoms with Crippen molar-refractivity contribution in [2.45, 2.75) is 20.8 Å². The Morgan fingerprint density at radius 1 is 0.800 bits per heavy atom. The van der Waals surface area contributed by atoms with Crippen LogP contribution in [0.2, 0.25) is 0 Å². The normalized spacial score (nSPS) is 12.9. The maximum Gasteiger partial charge on any atom is 0.345 e. The summed E-state index contributed by atoms with van der Waals surface area (Å²) in [5.74, 6) is 0.246. The fourth-order valence-electron chi connectivity index (χ4n) is 3.62. The maximum atomic E-state index is 12.6. The van der Waals surface area contributed by atoms with Crippen LogP contribution >= 0.6 is 0 Å². The average molecular weight is 329 g/mol. The monoisotopic (exact) mass is 329 g/mol. The molecule has 3 aromatic carbocycles. The van der Waals surface area contributed by atoms with Crippen LogP contribution in [0.3, 0.4) is 0 Å². The van der Waals surface area contributed by atoms with Crippen LogP contribution < -0.4 is 9.64 Å². The predicted molar refractivity (Wildman–Crippen MR) is 100 cm³/mol. The van der Waals surface area contributed by atoms with E-state index in [2.05, 4.69) is 37.8 Å². The lowest BCUT2D eigenvalue weighted by molar-refractivity contribution is 0.0738. The predicted octanol–water partition coefficient (Wildman–Crippen LogP) is 5.61. The molecule has 1 aliphatic heterocycles. The van der Waals surface area contributed by atoms with E-state index in [1.54, 1.807) is 0 Å². The molecular weight excluding hydrogens is 310 g/mol. The zero-order valence-electron chi connectivity index (χ0n) is 14.5. The number of fused-ring (bicyclic) bond motifs is 2. The van der Waals surface area contributed by atoms with Crippen molar-refractivity contribution in [3.05, 3.63) is 82.9 Å². The number of ether oxygens (including phenoxy) is 1. The second kappa shape index (κ2) is 5.78. The van der Waals surface area contributed by atoms with Gasteiger partial charge in [-0.25, -0.2) is 4.79 Å². The van der Waals surface area contributed by atoms with Gasteiger partial charge >= 0.3 is 5.97 Å². The summed E-state index contributed by atoms with van der Waals surface area (Å²) >= 11 is 0. The van der Waals surface area contributed by atoms with Crippen molar-refractivity contribution in [2.75, 3.05) is 4.90 Å². The van der Waals surface area contributed by atoms with Crippen LogP contribution in [-0.2, 0) is 0 Å². The lowest BCUT2D eigenvalue weighted by Crippen LogP contribution is -2.14. The number of hydrogen-bond donors (Lipinski definition) is 0. The first-order chi connectivity index (χ1) is 12.1. The number of carbonyl (C=O) groups excluding carboxylic acids is 1. The highest BCUT2D eigenvalue weighted by Crippen LogP contribution is 2.46. The van der Waals surface area contributed by atoms with E-state index in [-0.39, 0.29) is 5.97 Å². The fraction of sp³-hybridized carbons (Fsp3) is 0.136.